The lowest BCUT2D eigenvalue weighted by Gasteiger charge is -2.10. The van der Waals surface area contributed by atoms with Crippen LogP contribution in [0.25, 0.3) is 32.7 Å². The van der Waals surface area contributed by atoms with Crippen LogP contribution in [0.5, 0.6) is 0 Å². The van der Waals surface area contributed by atoms with E-state index in [9.17, 15) is 13.2 Å². The molecule has 0 aliphatic rings. The average Bonchev–Trinajstić information content (AvgIpc) is 3.51. The maximum atomic E-state index is 12.9. The molecule has 0 radical (unpaired) electrons. The van der Waals surface area contributed by atoms with Crippen LogP contribution in [-0.4, -0.2) is 21.5 Å². The van der Waals surface area contributed by atoms with E-state index in [2.05, 4.69) is 21.4 Å². The highest BCUT2D eigenvalue weighted by Gasteiger charge is 2.32. The Kier molecular flexibility index (Phi) is 6.25. The molecule has 5 rings (SSSR count). The van der Waals surface area contributed by atoms with Gasteiger partial charge in [-0.3, -0.25) is 4.98 Å². The summed E-state index contributed by atoms with van der Waals surface area (Å²) in [6.07, 6.45) is 1.65. The summed E-state index contributed by atoms with van der Waals surface area (Å²) in [5.41, 5.74) is 2.27. The SMILES string of the molecule is Cc1cc2c(NCCCc3ccc(-c4ccnc(C(F)(F)F)c4)cc3)nc(-c3ccoc3)nc2s1. The van der Waals surface area contributed by atoms with Crippen molar-refractivity contribution < 1.29 is 17.6 Å². The van der Waals surface area contributed by atoms with E-state index in [1.54, 1.807) is 29.9 Å². The third-order valence-corrected chi connectivity index (χ3v) is 6.51. The van der Waals surface area contributed by atoms with Crippen molar-refractivity contribution in [3.63, 3.8) is 0 Å². The number of rotatable bonds is 7. The molecular formula is C26H21F3N4OS. The third-order valence-electron chi connectivity index (χ3n) is 5.57. The van der Waals surface area contributed by atoms with Crippen LogP contribution < -0.4 is 5.32 Å². The third kappa shape index (κ3) is 5.19. The fraction of sp³-hybridized carbons (Fsp3) is 0.192. The molecule has 0 fully saturated rings. The first kappa shape index (κ1) is 23.0. The number of hydrogen-bond acceptors (Lipinski definition) is 6. The zero-order valence-corrected chi connectivity index (χ0v) is 19.6. The van der Waals surface area contributed by atoms with Gasteiger partial charge < -0.3 is 9.73 Å². The topological polar surface area (TPSA) is 63.8 Å². The number of aromatic nitrogens is 3. The fourth-order valence-electron chi connectivity index (χ4n) is 3.83. The highest BCUT2D eigenvalue weighted by Crippen LogP contribution is 2.32. The molecule has 4 aromatic heterocycles. The molecule has 5 nitrogen and oxygen atoms in total. The van der Waals surface area contributed by atoms with Gasteiger partial charge in [-0.1, -0.05) is 24.3 Å². The highest BCUT2D eigenvalue weighted by molar-refractivity contribution is 7.18. The van der Waals surface area contributed by atoms with E-state index in [0.717, 1.165) is 51.6 Å². The van der Waals surface area contributed by atoms with Gasteiger partial charge in [0.2, 0.25) is 0 Å². The minimum absolute atomic E-state index is 0.493. The number of nitrogens with zero attached hydrogens (tertiary/aromatic N) is 3. The van der Waals surface area contributed by atoms with Gasteiger partial charge in [0, 0.05) is 17.6 Å². The molecule has 1 N–H and O–H groups in total. The Morgan fingerprint density at radius 3 is 2.54 bits per heavy atom. The molecule has 0 atom stereocenters. The number of thiophene rings is 1. The largest absolute Gasteiger partial charge is 0.472 e. The standard InChI is InChI=1S/C26H21F3N4OS/c1-16-13-21-24(32-23(33-25(21)35-16)20-9-12-34-15-20)31-10-2-3-17-4-6-18(7-5-17)19-8-11-30-22(14-19)26(27,28)29/h4-9,11-15H,2-3,10H2,1H3,(H,31,32,33). The molecule has 9 heteroatoms. The molecule has 0 unspecified atom stereocenters. The molecule has 35 heavy (non-hydrogen) atoms. The van der Waals surface area contributed by atoms with Crippen molar-refractivity contribution in [2.45, 2.75) is 25.9 Å². The second-order valence-electron chi connectivity index (χ2n) is 8.14. The second-order valence-corrected chi connectivity index (χ2v) is 9.37. The number of benzene rings is 1. The first-order valence-electron chi connectivity index (χ1n) is 11.0. The number of furan rings is 1. The molecule has 0 aliphatic heterocycles. The Balaban J connectivity index is 1.24. The molecule has 0 aliphatic carbocycles. The fourth-order valence-corrected chi connectivity index (χ4v) is 4.71. The summed E-state index contributed by atoms with van der Waals surface area (Å²) in [5.74, 6) is 1.42. The highest BCUT2D eigenvalue weighted by atomic mass is 32.1. The van der Waals surface area contributed by atoms with E-state index in [-0.39, 0.29) is 0 Å². The molecule has 0 saturated carbocycles. The number of pyridine rings is 1. The Labute approximate surface area is 203 Å². The smallest absolute Gasteiger partial charge is 0.433 e. The summed E-state index contributed by atoms with van der Waals surface area (Å²) in [6.45, 7) is 2.76. The van der Waals surface area contributed by atoms with Crippen LogP contribution in [0.2, 0.25) is 0 Å². The average molecular weight is 495 g/mol. The lowest BCUT2D eigenvalue weighted by Crippen LogP contribution is -2.07. The Hall–Kier alpha value is -3.72. The van der Waals surface area contributed by atoms with Gasteiger partial charge in [0.25, 0.3) is 0 Å². The van der Waals surface area contributed by atoms with Crippen molar-refractivity contribution in [3.8, 4) is 22.5 Å². The van der Waals surface area contributed by atoms with E-state index >= 15 is 0 Å². The lowest BCUT2D eigenvalue weighted by molar-refractivity contribution is -0.141. The summed E-state index contributed by atoms with van der Waals surface area (Å²) in [5, 5.41) is 4.44. The summed E-state index contributed by atoms with van der Waals surface area (Å²) < 4.78 is 44.0. The molecule has 178 valence electrons. The summed E-state index contributed by atoms with van der Waals surface area (Å²) in [6, 6.07) is 14.2. The Bertz CT molecular complexity index is 1440. The Morgan fingerprint density at radius 1 is 0.971 bits per heavy atom. The maximum Gasteiger partial charge on any atom is 0.433 e. The predicted octanol–water partition coefficient (Wildman–Crippen LogP) is 7.39. The summed E-state index contributed by atoms with van der Waals surface area (Å²) in [7, 11) is 0. The molecule has 4 heterocycles. The maximum absolute atomic E-state index is 12.9. The minimum Gasteiger partial charge on any atom is -0.472 e. The van der Waals surface area contributed by atoms with E-state index in [4.69, 9.17) is 9.40 Å². The van der Waals surface area contributed by atoms with Crippen molar-refractivity contribution in [2.75, 3.05) is 11.9 Å². The van der Waals surface area contributed by atoms with Gasteiger partial charge in [-0.2, -0.15) is 13.2 Å². The van der Waals surface area contributed by atoms with Crippen molar-refractivity contribution in [3.05, 3.63) is 83.4 Å². The second kappa shape index (κ2) is 9.50. The lowest BCUT2D eigenvalue weighted by atomic mass is 10.0. The van der Waals surface area contributed by atoms with Gasteiger partial charge in [0.1, 0.15) is 22.6 Å². The van der Waals surface area contributed by atoms with Gasteiger partial charge in [0.15, 0.2) is 5.82 Å². The van der Waals surface area contributed by atoms with Gasteiger partial charge in [-0.15, -0.1) is 11.3 Å². The summed E-state index contributed by atoms with van der Waals surface area (Å²) >= 11 is 1.63. The van der Waals surface area contributed by atoms with Crippen LogP contribution in [0.15, 0.2) is 71.7 Å². The van der Waals surface area contributed by atoms with Crippen molar-refractivity contribution in [2.24, 2.45) is 0 Å². The number of fused-ring (bicyclic) bond motifs is 1. The van der Waals surface area contributed by atoms with Crippen LogP contribution in [-0.2, 0) is 12.6 Å². The number of halogens is 3. The minimum atomic E-state index is -4.46. The monoisotopic (exact) mass is 494 g/mol. The van der Waals surface area contributed by atoms with Crippen LogP contribution in [0, 0.1) is 6.92 Å². The molecule has 0 bridgehead atoms. The molecule has 0 spiro atoms. The number of nitrogens with one attached hydrogen (secondary N) is 1. The van der Waals surface area contributed by atoms with Gasteiger partial charge in [-0.25, -0.2) is 9.97 Å². The van der Waals surface area contributed by atoms with Crippen molar-refractivity contribution in [1.82, 2.24) is 15.0 Å². The van der Waals surface area contributed by atoms with E-state index in [0.29, 0.717) is 17.9 Å². The zero-order valence-electron chi connectivity index (χ0n) is 18.8. The van der Waals surface area contributed by atoms with Crippen LogP contribution >= 0.6 is 11.3 Å². The number of hydrogen-bond donors (Lipinski definition) is 1. The molecular weight excluding hydrogens is 473 g/mol. The molecule has 0 saturated heterocycles. The van der Waals surface area contributed by atoms with E-state index in [1.807, 2.05) is 37.3 Å². The molecule has 1 aromatic carbocycles. The summed E-state index contributed by atoms with van der Waals surface area (Å²) in [4.78, 5) is 14.9. The number of aryl methyl sites for hydroxylation is 2. The molecule has 5 aromatic rings. The molecule has 0 amide bonds. The van der Waals surface area contributed by atoms with Crippen LogP contribution in [0.3, 0.4) is 0 Å². The number of anilines is 1. The van der Waals surface area contributed by atoms with Crippen LogP contribution in [0.1, 0.15) is 22.6 Å². The van der Waals surface area contributed by atoms with E-state index in [1.165, 1.54) is 11.1 Å². The van der Waals surface area contributed by atoms with E-state index < -0.39 is 11.9 Å². The van der Waals surface area contributed by atoms with Crippen molar-refractivity contribution >= 4 is 27.4 Å². The van der Waals surface area contributed by atoms with Crippen LogP contribution in [0.4, 0.5) is 19.0 Å². The van der Waals surface area contributed by atoms with Crippen molar-refractivity contribution in [1.29, 1.82) is 0 Å². The first-order chi connectivity index (χ1) is 16.9. The van der Waals surface area contributed by atoms with Gasteiger partial charge in [0.05, 0.1) is 17.2 Å². The van der Waals surface area contributed by atoms with Gasteiger partial charge >= 0.3 is 6.18 Å². The van der Waals surface area contributed by atoms with Gasteiger partial charge in [-0.05, 0) is 60.7 Å². The quantitative estimate of drug-likeness (QED) is 0.239. The predicted molar refractivity (Wildman–Crippen MR) is 131 cm³/mol. The first-order valence-corrected chi connectivity index (χ1v) is 11.9. The Morgan fingerprint density at radius 2 is 1.80 bits per heavy atom. The number of alkyl halides is 3. The zero-order chi connectivity index (χ0) is 24.4. The normalized spacial score (nSPS) is 11.8.